The van der Waals surface area contributed by atoms with E-state index in [1.165, 1.54) is 0 Å². The molecule has 2 rings (SSSR count). The predicted molar refractivity (Wildman–Crippen MR) is 83.1 cm³/mol. The number of nitrogens with one attached hydrogen (secondary N) is 1. The molecular weight excluding hydrogens is 264 g/mol. The number of pyridine rings is 1. The van der Waals surface area contributed by atoms with Crippen molar-refractivity contribution in [3.8, 4) is 5.75 Å². The van der Waals surface area contributed by atoms with Crippen molar-refractivity contribution in [3.05, 3.63) is 54.4 Å². The van der Waals surface area contributed by atoms with E-state index >= 15 is 0 Å². The third kappa shape index (κ3) is 4.60. The van der Waals surface area contributed by atoms with Crippen molar-refractivity contribution >= 4 is 11.6 Å². The maximum atomic E-state index is 11.9. The van der Waals surface area contributed by atoms with E-state index in [0.717, 1.165) is 17.8 Å². The zero-order chi connectivity index (χ0) is 15.1. The van der Waals surface area contributed by atoms with Crippen molar-refractivity contribution in [1.29, 1.82) is 0 Å². The summed E-state index contributed by atoms with van der Waals surface area (Å²) in [6.45, 7) is 4.32. The van der Waals surface area contributed by atoms with Crippen LogP contribution < -0.4 is 10.1 Å². The molecule has 4 heteroatoms. The summed E-state index contributed by atoms with van der Waals surface area (Å²) < 4.78 is 5.69. The molecular formula is C17H20N2O2. The van der Waals surface area contributed by atoms with Gasteiger partial charge in [0.05, 0.1) is 5.69 Å². The summed E-state index contributed by atoms with van der Waals surface area (Å²) in [7, 11) is 0. The summed E-state index contributed by atoms with van der Waals surface area (Å²) >= 11 is 0. The fourth-order valence-electron chi connectivity index (χ4n) is 1.76. The first-order chi connectivity index (χ1) is 10.2. The molecule has 110 valence electrons. The van der Waals surface area contributed by atoms with Gasteiger partial charge in [0, 0.05) is 23.9 Å². The molecule has 2 aromatic rings. The van der Waals surface area contributed by atoms with E-state index in [1.807, 2.05) is 56.3 Å². The van der Waals surface area contributed by atoms with Crippen LogP contribution in [0.1, 0.15) is 26.0 Å². The number of anilines is 1. The number of hydrogen-bond acceptors (Lipinski definition) is 3. The summed E-state index contributed by atoms with van der Waals surface area (Å²) in [4.78, 5) is 16.1. The highest BCUT2D eigenvalue weighted by molar-refractivity contribution is 5.92. The maximum absolute atomic E-state index is 11.9. The van der Waals surface area contributed by atoms with Crippen LogP contribution in [-0.4, -0.2) is 10.9 Å². The molecule has 0 saturated carbocycles. The summed E-state index contributed by atoms with van der Waals surface area (Å²) in [6.07, 6.45) is 2.56. The highest BCUT2D eigenvalue weighted by atomic mass is 16.5. The van der Waals surface area contributed by atoms with E-state index in [-0.39, 0.29) is 11.8 Å². The number of rotatable bonds is 6. The molecule has 1 atom stereocenters. The molecule has 1 aromatic carbocycles. The van der Waals surface area contributed by atoms with Crippen LogP contribution in [0.2, 0.25) is 0 Å². The Hall–Kier alpha value is -2.36. The highest BCUT2D eigenvalue weighted by Gasteiger charge is 2.10. The van der Waals surface area contributed by atoms with Gasteiger partial charge in [0.1, 0.15) is 12.4 Å². The normalized spacial score (nSPS) is 11.7. The molecule has 0 bridgehead atoms. The van der Waals surface area contributed by atoms with Crippen LogP contribution in [-0.2, 0) is 11.4 Å². The maximum Gasteiger partial charge on any atom is 0.227 e. The summed E-state index contributed by atoms with van der Waals surface area (Å²) in [5.41, 5.74) is 1.62. The zero-order valence-corrected chi connectivity index (χ0v) is 12.4. The molecule has 0 aliphatic rings. The SMILES string of the molecule is CCC(C)C(=O)Nc1cccc(OCc2ccccn2)c1. The number of aromatic nitrogens is 1. The zero-order valence-electron chi connectivity index (χ0n) is 12.4. The van der Waals surface area contributed by atoms with E-state index in [1.54, 1.807) is 6.20 Å². The average Bonchev–Trinajstić information content (AvgIpc) is 2.53. The lowest BCUT2D eigenvalue weighted by Crippen LogP contribution is -2.19. The lowest BCUT2D eigenvalue weighted by atomic mass is 10.1. The van der Waals surface area contributed by atoms with Crippen LogP contribution in [0.5, 0.6) is 5.75 Å². The van der Waals surface area contributed by atoms with Crippen molar-refractivity contribution in [3.63, 3.8) is 0 Å². The average molecular weight is 284 g/mol. The number of hydrogen-bond donors (Lipinski definition) is 1. The van der Waals surface area contributed by atoms with E-state index in [0.29, 0.717) is 12.4 Å². The smallest absolute Gasteiger partial charge is 0.227 e. The Morgan fingerprint density at radius 3 is 2.86 bits per heavy atom. The Kier molecular flexibility index (Phi) is 5.32. The summed E-state index contributed by atoms with van der Waals surface area (Å²) in [5, 5.41) is 2.90. The van der Waals surface area contributed by atoms with Gasteiger partial charge in [-0.25, -0.2) is 0 Å². The topological polar surface area (TPSA) is 51.2 Å². The van der Waals surface area contributed by atoms with Crippen LogP contribution in [0.3, 0.4) is 0 Å². The molecule has 0 saturated heterocycles. The Morgan fingerprint density at radius 1 is 1.29 bits per heavy atom. The standard InChI is InChI=1S/C17H20N2O2/c1-3-13(2)17(20)19-14-8-6-9-16(11-14)21-12-15-7-4-5-10-18-15/h4-11,13H,3,12H2,1-2H3,(H,19,20). The van der Waals surface area contributed by atoms with Crippen LogP contribution in [0.15, 0.2) is 48.7 Å². The molecule has 1 amide bonds. The summed E-state index contributed by atoms with van der Waals surface area (Å²) in [5.74, 6) is 0.741. The number of carbonyl (C=O) groups excluding carboxylic acids is 1. The molecule has 0 radical (unpaired) electrons. The van der Waals surface area contributed by atoms with Gasteiger partial charge >= 0.3 is 0 Å². The number of carbonyl (C=O) groups is 1. The first-order valence-electron chi connectivity index (χ1n) is 7.12. The third-order valence-corrected chi connectivity index (χ3v) is 3.27. The van der Waals surface area contributed by atoms with Crippen molar-refractivity contribution < 1.29 is 9.53 Å². The first kappa shape index (κ1) is 15.0. The number of nitrogens with zero attached hydrogens (tertiary/aromatic N) is 1. The Morgan fingerprint density at radius 2 is 2.14 bits per heavy atom. The highest BCUT2D eigenvalue weighted by Crippen LogP contribution is 2.19. The van der Waals surface area contributed by atoms with Gasteiger partial charge < -0.3 is 10.1 Å². The van der Waals surface area contributed by atoms with E-state index in [9.17, 15) is 4.79 Å². The monoisotopic (exact) mass is 284 g/mol. The molecule has 4 nitrogen and oxygen atoms in total. The lowest BCUT2D eigenvalue weighted by Gasteiger charge is -2.11. The molecule has 1 aromatic heterocycles. The predicted octanol–water partition coefficient (Wildman–Crippen LogP) is 3.65. The summed E-state index contributed by atoms with van der Waals surface area (Å²) in [6, 6.07) is 13.1. The lowest BCUT2D eigenvalue weighted by molar-refractivity contribution is -0.119. The minimum atomic E-state index is 0.00286. The van der Waals surface area contributed by atoms with E-state index in [2.05, 4.69) is 10.3 Å². The van der Waals surface area contributed by atoms with Crippen molar-refractivity contribution in [1.82, 2.24) is 4.98 Å². The Labute approximate surface area is 125 Å². The Bertz CT molecular complexity index is 584. The molecule has 0 spiro atoms. The molecule has 1 heterocycles. The van der Waals surface area contributed by atoms with Crippen LogP contribution >= 0.6 is 0 Å². The van der Waals surface area contributed by atoms with Crippen molar-refractivity contribution in [2.24, 2.45) is 5.92 Å². The van der Waals surface area contributed by atoms with Crippen molar-refractivity contribution in [2.75, 3.05) is 5.32 Å². The van der Waals surface area contributed by atoms with Crippen molar-refractivity contribution in [2.45, 2.75) is 26.9 Å². The second-order valence-electron chi connectivity index (χ2n) is 4.94. The van der Waals surface area contributed by atoms with E-state index in [4.69, 9.17) is 4.74 Å². The minimum Gasteiger partial charge on any atom is -0.487 e. The van der Waals surface area contributed by atoms with Gasteiger partial charge in [0.15, 0.2) is 0 Å². The van der Waals surface area contributed by atoms with Gasteiger partial charge in [0.2, 0.25) is 5.91 Å². The third-order valence-electron chi connectivity index (χ3n) is 3.27. The largest absolute Gasteiger partial charge is 0.487 e. The minimum absolute atomic E-state index is 0.00286. The molecule has 0 aliphatic carbocycles. The molecule has 21 heavy (non-hydrogen) atoms. The van der Waals surface area contributed by atoms with Gasteiger partial charge in [-0.3, -0.25) is 9.78 Å². The Balaban J connectivity index is 1.96. The number of amides is 1. The van der Waals surface area contributed by atoms with Crippen LogP contribution in [0.25, 0.3) is 0 Å². The fourth-order valence-corrected chi connectivity index (χ4v) is 1.76. The van der Waals surface area contributed by atoms with Gasteiger partial charge in [0.25, 0.3) is 0 Å². The molecule has 1 N–H and O–H groups in total. The number of ether oxygens (including phenoxy) is 1. The first-order valence-corrected chi connectivity index (χ1v) is 7.12. The van der Waals surface area contributed by atoms with E-state index < -0.39 is 0 Å². The molecule has 0 fully saturated rings. The quantitative estimate of drug-likeness (QED) is 0.881. The van der Waals surface area contributed by atoms with Gasteiger partial charge in [-0.1, -0.05) is 26.0 Å². The number of benzene rings is 1. The second kappa shape index (κ2) is 7.43. The van der Waals surface area contributed by atoms with Gasteiger partial charge in [-0.15, -0.1) is 0 Å². The second-order valence-corrected chi connectivity index (χ2v) is 4.94. The van der Waals surface area contributed by atoms with Crippen LogP contribution in [0.4, 0.5) is 5.69 Å². The van der Waals surface area contributed by atoms with Gasteiger partial charge in [-0.05, 0) is 30.7 Å². The van der Waals surface area contributed by atoms with Crippen LogP contribution in [0, 0.1) is 5.92 Å². The molecule has 1 unspecified atom stereocenters. The van der Waals surface area contributed by atoms with Gasteiger partial charge in [-0.2, -0.15) is 0 Å². The fraction of sp³-hybridized carbons (Fsp3) is 0.294. The molecule has 0 aliphatic heterocycles.